The molecule has 23 heavy (non-hydrogen) atoms. The molecule has 1 aliphatic rings. The molecule has 1 fully saturated rings. The molecule has 1 heterocycles. The molecular weight excluding hydrogens is 318 g/mol. The van der Waals surface area contributed by atoms with Gasteiger partial charge in [-0.1, -0.05) is 30.7 Å². The number of carboxylic acids is 1. The van der Waals surface area contributed by atoms with Crippen LogP contribution in [0.15, 0.2) is 18.2 Å². The van der Waals surface area contributed by atoms with Crippen molar-refractivity contribution in [3.63, 3.8) is 0 Å². The first kappa shape index (κ1) is 17.6. The van der Waals surface area contributed by atoms with Crippen LogP contribution in [0.1, 0.15) is 25.8 Å². The zero-order valence-electron chi connectivity index (χ0n) is 13.4. The molecule has 2 atom stereocenters. The second-order valence-electron chi connectivity index (χ2n) is 5.89. The molecule has 0 aliphatic carbocycles. The zero-order valence-corrected chi connectivity index (χ0v) is 14.2. The van der Waals surface area contributed by atoms with E-state index in [1.807, 2.05) is 19.9 Å². The number of rotatable bonds is 5. The lowest BCUT2D eigenvalue weighted by Gasteiger charge is -2.35. The number of ether oxygens (including phenoxy) is 1. The van der Waals surface area contributed by atoms with Crippen molar-refractivity contribution in [2.24, 2.45) is 11.8 Å². The molecule has 1 aromatic rings. The number of hydrogen-bond donors (Lipinski definition) is 1. The number of halogens is 1. The highest BCUT2D eigenvalue weighted by atomic mass is 35.5. The van der Waals surface area contributed by atoms with Crippen molar-refractivity contribution in [3.8, 4) is 5.75 Å². The van der Waals surface area contributed by atoms with Crippen LogP contribution in [0.25, 0.3) is 0 Å². The van der Waals surface area contributed by atoms with Gasteiger partial charge in [-0.3, -0.25) is 9.59 Å². The van der Waals surface area contributed by atoms with Gasteiger partial charge in [0.1, 0.15) is 5.75 Å². The predicted octanol–water partition coefficient (Wildman–Crippen LogP) is 2.85. The molecule has 0 radical (unpaired) electrons. The van der Waals surface area contributed by atoms with E-state index >= 15 is 0 Å². The van der Waals surface area contributed by atoms with E-state index < -0.39 is 5.97 Å². The Morgan fingerprint density at radius 3 is 2.78 bits per heavy atom. The fourth-order valence-electron chi connectivity index (χ4n) is 3.01. The lowest BCUT2D eigenvalue weighted by Crippen LogP contribution is -2.45. The summed E-state index contributed by atoms with van der Waals surface area (Å²) in [6.45, 7) is 5.17. The zero-order chi connectivity index (χ0) is 17.0. The number of carbonyl (C=O) groups excluding carboxylic acids is 1. The third-order valence-corrected chi connectivity index (χ3v) is 4.55. The lowest BCUT2D eigenvalue weighted by atomic mass is 9.87. The highest BCUT2D eigenvalue weighted by molar-refractivity contribution is 6.32. The van der Waals surface area contributed by atoms with Gasteiger partial charge in [-0.15, -0.1) is 0 Å². The minimum absolute atomic E-state index is 0.0242. The van der Waals surface area contributed by atoms with Gasteiger partial charge in [0.25, 0.3) is 0 Å². The van der Waals surface area contributed by atoms with E-state index in [0.29, 0.717) is 36.9 Å². The molecule has 0 aromatic heterocycles. The Morgan fingerprint density at radius 2 is 2.17 bits per heavy atom. The Balaban J connectivity index is 2.06. The van der Waals surface area contributed by atoms with E-state index in [2.05, 4.69) is 0 Å². The number of likely N-dealkylation sites (tertiary alicyclic amines) is 1. The summed E-state index contributed by atoms with van der Waals surface area (Å²) < 4.78 is 5.55. The normalized spacial score (nSPS) is 21.1. The summed E-state index contributed by atoms with van der Waals surface area (Å²) in [5.41, 5.74) is 0.761. The van der Waals surface area contributed by atoms with Gasteiger partial charge >= 0.3 is 5.97 Å². The van der Waals surface area contributed by atoms with Crippen LogP contribution in [0.3, 0.4) is 0 Å². The lowest BCUT2D eigenvalue weighted by molar-refractivity contribution is -0.148. The van der Waals surface area contributed by atoms with Crippen LogP contribution in [-0.2, 0) is 16.0 Å². The van der Waals surface area contributed by atoms with Crippen LogP contribution in [0.2, 0.25) is 5.02 Å². The number of piperidine rings is 1. The molecule has 1 N–H and O–H groups in total. The maximum atomic E-state index is 12.5. The molecule has 5 nitrogen and oxygen atoms in total. The first-order valence-corrected chi connectivity index (χ1v) is 8.22. The largest absolute Gasteiger partial charge is 0.492 e. The molecule has 2 unspecified atom stereocenters. The summed E-state index contributed by atoms with van der Waals surface area (Å²) in [6, 6.07) is 5.37. The molecule has 0 spiro atoms. The number of aliphatic carboxylic acids is 1. The van der Waals surface area contributed by atoms with Gasteiger partial charge in [-0.05, 0) is 25.3 Å². The molecule has 0 saturated carbocycles. The second kappa shape index (κ2) is 7.68. The number of carboxylic acid groups (broad SMARTS) is 1. The van der Waals surface area contributed by atoms with E-state index in [4.69, 9.17) is 21.4 Å². The molecule has 2 rings (SSSR count). The predicted molar refractivity (Wildman–Crippen MR) is 87.8 cm³/mol. The van der Waals surface area contributed by atoms with Gasteiger partial charge in [0, 0.05) is 18.7 Å². The summed E-state index contributed by atoms with van der Waals surface area (Å²) in [6.07, 6.45) is 0.705. The smallest absolute Gasteiger partial charge is 0.306 e. The number of benzene rings is 1. The quantitative estimate of drug-likeness (QED) is 0.895. The average molecular weight is 340 g/mol. The highest BCUT2D eigenvalue weighted by Crippen LogP contribution is 2.30. The van der Waals surface area contributed by atoms with Crippen LogP contribution in [0.5, 0.6) is 5.75 Å². The monoisotopic (exact) mass is 339 g/mol. The molecule has 0 bridgehead atoms. The number of hydrogen-bond acceptors (Lipinski definition) is 3. The van der Waals surface area contributed by atoms with Crippen LogP contribution < -0.4 is 4.74 Å². The Labute approximate surface area is 141 Å². The van der Waals surface area contributed by atoms with Crippen molar-refractivity contribution in [1.82, 2.24) is 4.90 Å². The van der Waals surface area contributed by atoms with Crippen molar-refractivity contribution in [1.29, 1.82) is 0 Å². The standard InChI is InChI=1S/C17H22ClNO4/c1-3-23-16-12(5-4-6-14(16)18)9-15(20)19-8-7-13(17(21)22)11(2)10-19/h4-6,11,13H,3,7-10H2,1-2H3,(H,21,22). The molecular formula is C17H22ClNO4. The number of carbonyl (C=O) groups is 2. The summed E-state index contributed by atoms with van der Waals surface area (Å²) >= 11 is 6.14. The summed E-state index contributed by atoms with van der Waals surface area (Å²) in [5.74, 6) is -0.666. The molecule has 126 valence electrons. The van der Waals surface area contributed by atoms with Gasteiger partial charge in [-0.2, -0.15) is 0 Å². The van der Waals surface area contributed by atoms with Gasteiger partial charge in [0.05, 0.1) is 24.0 Å². The maximum absolute atomic E-state index is 12.5. The minimum atomic E-state index is -0.780. The first-order valence-electron chi connectivity index (χ1n) is 7.84. The molecule has 1 saturated heterocycles. The van der Waals surface area contributed by atoms with Crippen molar-refractivity contribution < 1.29 is 19.4 Å². The van der Waals surface area contributed by atoms with Gasteiger partial charge in [-0.25, -0.2) is 0 Å². The molecule has 1 aliphatic heterocycles. The van der Waals surface area contributed by atoms with Crippen LogP contribution in [0, 0.1) is 11.8 Å². The van der Waals surface area contributed by atoms with Gasteiger partial charge in [0.2, 0.25) is 5.91 Å². The van der Waals surface area contributed by atoms with Crippen molar-refractivity contribution >= 4 is 23.5 Å². The van der Waals surface area contributed by atoms with E-state index in [-0.39, 0.29) is 24.2 Å². The summed E-state index contributed by atoms with van der Waals surface area (Å²) in [7, 11) is 0. The van der Waals surface area contributed by atoms with Crippen molar-refractivity contribution in [3.05, 3.63) is 28.8 Å². The average Bonchev–Trinajstić information content (AvgIpc) is 2.50. The number of nitrogens with zero attached hydrogens (tertiary/aromatic N) is 1. The first-order chi connectivity index (χ1) is 10.9. The van der Waals surface area contributed by atoms with Crippen molar-refractivity contribution in [2.75, 3.05) is 19.7 Å². The Hall–Kier alpha value is -1.75. The summed E-state index contributed by atoms with van der Waals surface area (Å²) in [4.78, 5) is 25.4. The highest BCUT2D eigenvalue weighted by Gasteiger charge is 2.33. The summed E-state index contributed by atoms with van der Waals surface area (Å²) in [5, 5.41) is 9.66. The van der Waals surface area contributed by atoms with Gasteiger partial charge < -0.3 is 14.7 Å². The Kier molecular flexibility index (Phi) is 5.88. The van der Waals surface area contributed by atoms with Crippen LogP contribution in [0.4, 0.5) is 0 Å². The number of para-hydroxylation sites is 1. The van der Waals surface area contributed by atoms with E-state index in [1.165, 1.54) is 0 Å². The van der Waals surface area contributed by atoms with Crippen molar-refractivity contribution in [2.45, 2.75) is 26.7 Å². The molecule has 1 amide bonds. The SMILES string of the molecule is CCOc1c(Cl)cccc1CC(=O)N1CCC(C(=O)O)C(C)C1. The Morgan fingerprint density at radius 1 is 1.43 bits per heavy atom. The topological polar surface area (TPSA) is 66.8 Å². The second-order valence-corrected chi connectivity index (χ2v) is 6.30. The third-order valence-electron chi connectivity index (χ3n) is 4.25. The van der Waals surface area contributed by atoms with Crippen LogP contribution >= 0.6 is 11.6 Å². The van der Waals surface area contributed by atoms with E-state index in [1.54, 1.807) is 17.0 Å². The molecule has 1 aromatic carbocycles. The van der Waals surface area contributed by atoms with Crippen LogP contribution in [-0.4, -0.2) is 41.6 Å². The third kappa shape index (κ3) is 4.16. The fourth-order valence-corrected chi connectivity index (χ4v) is 3.26. The van der Waals surface area contributed by atoms with E-state index in [0.717, 1.165) is 5.56 Å². The molecule has 6 heteroatoms. The number of amides is 1. The Bertz CT molecular complexity index is 590. The maximum Gasteiger partial charge on any atom is 0.306 e. The van der Waals surface area contributed by atoms with Gasteiger partial charge in [0.15, 0.2) is 0 Å². The fraction of sp³-hybridized carbons (Fsp3) is 0.529. The minimum Gasteiger partial charge on any atom is -0.492 e. The van der Waals surface area contributed by atoms with E-state index in [9.17, 15) is 9.59 Å².